The van der Waals surface area contributed by atoms with E-state index >= 15 is 0 Å². The molecule has 0 bridgehead atoms. The SMILES string of the molecule is CCC1(C)C(C)=[N+](C)c2ccccc21.CCC1(C)C(C)=[N+](C)c2ccccc21.O=S(=O)([O-])[O-]. The molecular formula is C26H36N2O4S. The number of para-hydroxylation sites is 2. The predicted octanol–water partition coefficient (Wildman–Crippen LogP) is 4.87. The average Bonchev–Trinajstić information content (AvgIpc) is 3.10. The van der Waals surface area contributed by atoms with Crippen LogP contribution in [0.1, 0.15) is 65.5 Å². The maximum Gasteiger partial charge on any atom is 0.209 e. The highest BCUT2D eigenvalue weighted by molar-refractivity contribution is 7.79. The number of rotatable bonds is 2. The van der Waals surface area contributed by atoms with Gasteiger partial charge in [0.1, 0.15) is 14.1 Å². The summed E-state index contributed by atoms with van der Waals surface area (Å²) in [5.41, 5.74) is 9.09. The van der Waals surface area contributed by atoms with Gasteiger partial charge < -0.3 is 9.11 Å². The van der Waals surface area contributed by atoms with Crippen molar-refractivity contribution in [1.82, 2.24) is 0 Å². The lowest BCUT2D eigenvalue weighted by atomic mass is 9.78. The van der Waals surface area contributed by atoms with Gasteiger partial charge in [-0.25, -0.2) is 9.15 Å². The highest BCUT2D eigenvalue weighted by atomic mass is 32.3. The van der Waals surface area contributed by atoms with Crippen LogP contribution in [0.15, 0.2) is 48.5 Å². The van der Waals surface area contributed by atoms with Crippen LogP contribution in [0.3, 0.4) is 0 Å². The van der Waals surface area contributed by atoms with E-state index in [4.69, 9.17) is 17.5 Å². The highest BCUT2D eigenvalue weighted by Crippen LogP contribution is 2.41. The minimum atomic E-state index is -5.17. The molecule has 2 aliphatic heterocycles. The van der Waals surface area contributed by atoms with Crippen molar-refractivity contribution in [3.05, 3.63) is 59.7 Å². The zero-order valence-electron chi connectivity index (χ0n) is 21.0. The lowest BCUT2D eigenvalue weighted by Crippen LogP contribution is -2.28. The van der Waals surface area contributed by atoms with Crippen molar-refractivity contribution < 1.29 is 26.7 Å². The van der Waals surface area contributed by atoms with Gasteiger partial charge in [-0.3, -0.25) is 8.42 Å². The Kier molecular flexibility index (Phi) is 8.05. The van der Waals surface area contributed by atoms with Crippen molar-refractivity contribution in [2.75, 3.05) is 14.1 Å². The standard InChI is InChI=1S/2C13H18N.H2O4S/c2*1-5-13(3)10(2)14(4)12-9-7-6-8-11(12)13;1-5(2,3)4/h2*6-9H,5H2,1-4H3;(H2,1,2,3,4)/q2*+1;/p-2. The van der Waals surface area contributed by atoms with Crippen molar-refractivity contribution in [2.45, 2.75) is 65.2 Å². The molecule has 33 heavy (non-hydrogen) atoms. The number of hydrogen-bond acceptors (Lipinski definition) is 4. The maximum absolute atomic E-state index is 8.52. The molecule has 0 aliphatic carbocycles. The molecule has 0 saturated carbocycles. The zero-order valence-corrected chi connectivity index (χ0v) is 21.8. The lowest BCUT2D eigenvalue weighted by Gasteiger charge is -2.19. The second-order valence-electron chi connectivity index (χ2n) is 9.10. The molecule has 4 rings (SSSR count). The monoisotopic (exact) mass is 472 g/mol. The van der Waals surface area contributed by atoms with Crippen LogP contribution in [0.4, 0.5) is 11.4 Å². The summed E-state index contributed by atoms with van der Waals surface area (Å²) in [6.45, 7) is 13.7. The highest BCUT2D eigenvalue weighted by Gasteiger charge is 2.44. The molecule has 2 aliphatic rings. The second-order valence-corrected chi connectivity index (χ2v) is 9.92. The predicted molar refractivity (Wildman–Crippen MR) is 132 cm³/mol. The largest absolute Gasteiger partial charge is 0.759 e. The fraction of sp³-hybridized carbons (Fsp3) is 0.462. The molecular weight excluding hydrogens is 436 g/mol. The quantitative estimate of drug-likeness (QED) is 0.355. The number of nitrogens with zero attached hydrogens (tertiary/aromatic N) is 2. The topological polar surface area (TPSA) is 86.3 Å². The molecule has 0 fully saturated rings. The normalized spacial score (nSPS) is 23.3. The third-order valence-corrected chi connectivity index (χ3v) is 7.74. The van der Waals surface area contributed by atoms with Crippen LogP contribution in [-0.4, -0.2) is 52.2 Å². The first-order chi connectivity index (χ1) is 15.2. The van der Waals surface area contributed by atoms with Gasteiger partial charge in [0.2, 0.25) is 11.4 Å². The lowest BCUT2D eigenvalue weighted by molar-refractivity contribution is -0.403. The molecule has 2 aromatic rings. The molecule has 0 spiro atoms. The maximum atomic E-state index is 8.52. The van der Waals surface area contributed by atoms with Crippen molar-refractivity contribution in [1.29, 1.82) is 0 Å². The molecule has 0 aromatic heterocycles. The van der Waals surface area contributed by atoms with Crippen LogP contribution in [0.5, 0.6) is 0 Å². The Morgan fingerprint density at radius 3 is 1.27 bits per heavy atom. The van der Waals surface area contributed by atoms with E-state index in [1.165, 1.54) is 46.8 Å². The van der Waals surface area contributed by atoms with Gasteiger partial charge in [-0.1, -0.05) is 50.2 Å². The molecule has 6 nitrogen and oxygen atoms in total. The molecule has 0 saturated heterocycles. The Morgan fingerprint density at radius 1 is 0.727 bits per heavy atom. The Morgan fingerprint density at radius 2 is 1.00 bits per heavy atom. The zero-order chi connectivity index (χ0) is 25.2. The van der Waals surface area contributed by atoms with Gasteiger partial charge >= 0.3 is 0 Å². The van der Waals surface area contributed by atoms with Gasteiger partial charge in [0.15, 0.2) is 11.4 Å². The van der Waals surface area contributed by atoms with Gasteiger partial charge in [-0.15, -0.1) is 0 Å². The van der Waals surface area contributed by atoms with Crippen LogP contribution in [0, 0.1) is 0 Å². The van der Waals surface area contributed by atoms with Gasteiger partial charge in [-0.05, 0) is 26.7 Å². The fourth-order valence-corrected chi connectivity index (χ4v) is 4.85. The van der Waals surface area contributed by atoms with E-state index in [-0.39, 0.29) is 10.8 Å². The summed E-state index contributed by atoms with van der Waals surface area (Å²) < 4.78 is 38.7. The van der Waals surface area contributed by atoms with E-state index in [0.29, 0.717) is 0 Å². The van der Waals surface area contributed by atoms with Crippen molar-refractivity contribution in [2.24, 2.45) is 0 Å². The molecule has 2 unspecified atom stereocenters. The smallest absolute Gasteiger partial charge is 0.209 e. The summed E-state index contributed by atoms with van der Waals surface area (Å²) in [5.74, 6) is 0. The molecule has 7 heteroatoms. The second kappa shape index (κ2) is 9.87. The minimum Gasteiger partial charge on any atom is -0.759 e. The van der Waals surface area contributed by atoms with Crippen molar-refractivity contribution in [3.8, 4) is 0 Å². The Labute approximate surface area is 198 Å². The van der Waals surface area contributed by atoms with Gasteiger partial charge in [0, 0.05) is 47.5 Å². The Hall–Kier alpha value is -2.35. The molecule has 2 heterocycles. The molecule has 2 atom stereocenters. The minimum absolute atomic E-state index is 0.241. The van der Waals surface area contributed by atoms with Crippen LogP contribution in [0.25, 0.3) is 0 Å². The van der Waals surface area contributed by atoms with E-state index in [0.717, 1.165) is 0 Å². The van der Waals surface area contributed by atoms with Crippen LogP contribution in [0.2, 0.25) is 0 Å². The van der Waals surface area contributed by atoms with Gasteiger partial charge in [0.25, 0.3) is 0 Å². The third kappa shape index (κ3) is 5.26. The van der Waals surface area contributed by atoms with Crippen molar-refractivity contribution in [3.63, 3.8) is 0 Å². The molecule has 2 aromatic carbocycles. The summed E-state index contributed by atoms with van der Waals surface area (Å²) in [6.07, 6.45) is 2.33. The fourth-order valence-electron chi connectivity index (χ4n) is 4.85. The number of hydrogen-bond donors (Lipinski definition) is 0. The summed E-state index contributed by atoms with van der Waals surface area (Å²) in [4.78, 5) is 0. The molecule has 0 amide bonds. The number of benzene rings is 2. The summed E-state index contributed by atoms with van der Waals surface area (Å²) in [7, 11) is -0.843. The van der Waals surface area contributed by atoms with Crippen LogP contribution >= 0.6 is 0 Å². The third-order valence-electron chi connectivity index (χ3n) is 7.74. The van der Waals surface area contributed by atoms with E-state index < -0.39 is 10.4 Å². The van der Waals surface area contributed by atoms with E-state index in [2.05, 4.69) is 113 Å². The van der Waals surface area contributed by atoms with Crippen molar-refractivity contribution >= 4 is 33.2 Å². The van der Waals surface area contributed by atoms with Gasteiger partial charge in [0.05, 0.1) is 10.8 Å². The molecule has 0 radical (unpaired) electrons. The van der Waals surface area contributed by atoms with E-state index in [9.17, 15) is 0 Å². The average molecular weight is 473 g/mol. The summed E-state index contributed by atoms with van der Waals surface area (Å²) >= 11 is 0. The van der Waals surface area contributed by atoms with Gasteiger partial charge in [-0.2, -0.15) is 0 Å². The first-order valence-electron chi connectivity index (χ1n) is 11.2. The molecule has 180 valence electrons. The Balaban J connectivity index is 0.000000195. The summed E-state index contributed by atoms with van der Waals surface area (Å²) in [6, 6.07) is 17.4. The molecule has 0 N–H and O–H groups in total. The first kappa shape index (κ1) is 26.9. The van der Waals surface area contributed by atoms with E-state index in [1.54, 1.807) is 0 Å². The van der Waals surface area contributed by atoms with Crippen LogP contribution < -0.4 is 0 Å². The first-order valence-corrected chi connectivity index (χ1v) is 12.6. The Bertz CT molecular complexity index is 1110. The number of fused-ring (bicyclic) bond motifs is 2. The van der Waals surface area contributed by atoms with E-state index in [1.807, 2.05) is 0 Å². The summed E-state index contributed by atoms with van der Waals surface area (Å²) in [5, 5.41) is 0. The van der Waals surface area contributed by atoms with Crippen LogP contribution in [-0.2, 0) is 21.2 Å².